The van der Waals surface area contributed by atoms with E-state index in [4.69, 9.17) is 21.2 Å². The Balaban J connectivity index is 2.04. The zero-order valence-electron chi connectivity index (χ0n) is 10.2. The zero-order valence-corrected chi connectivity index (χ0v) is 11.7. The van der Waals surface area contributed by atoms with Crippen molar-refractivity contribution in [2.24, 2.45) is 5.14 Å². The molecule has 0 aliphatic rings. The maximum Gasteiger partial charge on any atom is 0.287 e. The molecule has 1 aromatic carbocycles. The number of hydrogen-bond acceptors (Lipinski definition) is 4. The van der Waals surface area contributed by atoms with E-state index in [2.05, 4.69) is 5.32 Å². The third kappa shape index (κ3) is 3.60. The van der Waals surface area contributed by atoms with Gasteiger partial charge in [0.1, 0.15) is 0 Å². The SMILES string of the molecule is NS(=O)(=O)c1ccc(C(=O)NCc2cccc(Cl)c2)o1. The number of benzene rings is 1. The van der Waals surface area contributed by atoms with Gasteiger partial charge in [0, 0.05) is 11.6 Å². The molecular weight excluding hydrogens is 304 g/mol. The summed E-state index contributed by atoms with van der Waals surface area (Å²) >= 11 is 5.82. The van der Waals surface area contributed by atoms with Crippen LogP contribution in [0.25, 0.3) is 0 Å². The van der Waals surface area contributed by atoms with Crippen LogP contribution >= 0.6 is 11.6 Å². The van der Waals surface area contributed by atoms with Crippen molar-refractivity contribution in [3.05, 3.63) is 52.7 Å². The third-order valence-corrected chi connectivity index (χ3v) is 3.44. The van der Waals surface area contributed by atoms with Gasteiger partial charge in [-0.25, -0.2) is 13.6 Å². The van der Waals surface area contributed by atoms with E-state index in [0.29, 0.717) is 5.02 Å². The Morgan fingerprint density at radius 2 is 2.05 bits per heavy atom. The Hall–Kier alpha value is -1.83. The zero-order chi connectivity index (χ0) is 14.8. The summed E-state index contributed by atoms with van der Waals surface area (Å²) in [5.74, 6) is -0.670. The number of nitrogens with two attached hydrogens (primary N) is 1. The van der Waals surface area contributed by atoms with Gasteiger partial charge in [0.15, 0.2) is 5.76 Å². The van der Waals surface area contributed by atoms with Crippen LogP contribution in [0.4, 0.5) is 0 Å². The summed E-state index contributed by atoms with van der Waals surface area (Å²) < 4.78 is 26.9. The van der Waals surface area contributed by atoms with Crippen LogP contribution in [0.3, 0.4) is 0 Å². The summed E-state index contributed by atoms with van der Waals surface area (Å²) in [6.45, 7) is 0.241. The van der Waals surface area contributed by atoms with Gasteiger partial charge in [-0.3, -0.25) is 4.79 Å². The predicted molar refractivity (Wildman–Crippen MR) is 72.7 cm³/mol. The van der Waals surface area contributed by atoms with E-state index in [1.807, 2.05) is 0 Å². The fraction of sp³-hybridized carbons (Fsp3) is 0.0833. The van der Waals surface area contributed by atoms with Crippen LogP contribution in [0.15, 0.2) is 45.9 Å². The molecule has 0 saturated carbocycles. The molecule has 0 fully saturated rings. The minimum Gasteiger partial charge on any atom is -0.438 e. The first-order valence-electron chi connectivity index (χ1n) is 5.51. The smallest absolute Gasteiger partial charge is 0.287 e. The predicted octanol–water partition coefficient (Wildman–Crippen LogP) is 1.51. The van der Waals surface area contributed by atoms with E-state index in [1.165, 1.54) is 6.07 Å². The monoisotopic (exact) mass is 314 g/mol. The van der Waals surface area contributed by atoms with Crippen molar-refractivity contribution in [3.63, 3.8) is 0 Å². The molecule has 0 spiro atoms. The van der Waals surface area contributed by atoms with Crippen LogP contribution in [0.1, 0.15) is 16.1 Å². The summed E-state index contributed by atoms with van der Waals surface area (Å²) in [5.41, 5.74) is 0.809. The molecule has 2 aromatic rings. The molecule has 0 saturated heterocycles. The molecule has 0 aliphatic heterocycles. The number of hydrogen-bond donors (Lipinski definition) is 2. The van der Waals surface area contributed by atoms with E-state index in [1.54, 1.807) is 24.3 Å². The van der Waals surface area contributed by atoms with Crippen LogP contribution in [-0.2, 0) is 16.6 Å². The Bertz CT molecular complexity index is 739. The Labute approximate surface area is 120 Å². The second kappa shape index (κ2) is 5.66. The van der Waals surface area contributed by atoms with Crippen LogP contribution in [0, 0.1) is 0 Å². The number of carbonyl (C=O) groups excluding carboxylic acids is 1. The lowest BCUT2D eigenvalue weighted by Crippen LogP contribution is -2.22. The van der Waals surface area contributed by atoms with Gasteiger partial charge >= 0.3 is 0 Å². The third-order valence-electron chi connectivity index (χ3n) is 2.43. The molecule has 20 heavy (non-hydrogen) atoms. The quantitative estimate of drug-likeness (QED) is 0.892. The fourth-order valence-electron chi connectivity index (χ4n) is 1.51. The second-order valence-corrected chi connectivity index (χ2v) is 5.91. The van der Waals surface area contributed by atoms with E-state index < -0.39 is 21.0 Å². The molecular formula is C12H11ClN2O4S. The minimum atomic E-state index is -3.95. The highest BCUT2D eigenvalue weighted by Gasteiger charge is 2.17. The van der Waals surface area contributed by atoms with Gasteiger partial charge < -0.3 is 9.73 Å². The molecule has 0 radical (unpaired) electrons. The van der Waals surface area contributed by atoms with Crippen molar-refractivity contribution in [2.45, 2.75) is 11.6 Å². The van der Waals surface area contributed by atoms with Crippen molar-refractivity contribution in [1.29, 1.82) is 0 Å². The Morgan fingerprint density at radius 3 is 2.65 bits per heavy atom. The second-order valence-electron chi connectivity index (χ2n) is 3.98. The molecule has 8 heteroatoms. The Morgan fingerprint density at radius 1 is 1.30 bits per heavy atom. The van der Waals surface area contributed by atoms with Gasteiger partial charge in [0.05, 0.1) is 0 Å². The molecule has 1 amide bonds. The number of furan rings is 1. The number of rotatable bonds is 4. The summed E-state index contributed by atoms with van der Waals surface area (Å²) in [7, 11) is -3.95. The molecule has 106 valence electrons. The van der Waals surface area contributed by atoms with Gasteiger partial charge in [-0.15, -0.1) is 0 Å². The summed E-state index contributed by atoms with van der Waals surface area (Å²) in [6.07, 6.45) is 0. The molecule has 3 N–H and O–H groups in total. The number of nitrogens with one attached hydrogen (secondary N) is 1. The molecule has 1 aromatic heterocycles. The lowest BCUT2D eigenvalue weighted by molar-refractivity contribution is 0.0918. The highest BCUT2D eigenvalue weighted by molar-refractivity contribution is 7.89. The first kappa shape index (κ1) is 14.6. The highest BCUT2D eigenvalue weighted by Crippen LogP contribution is 2.13. The first-order chi connectivity index (χ1) is 9.36. The van der Waals surface area contributed by atoms with Gasteiger partial charge in [-0.05, 0) is 29.8 Å². The van der Waals surface area contributed by atoms with E-state index >= 15 is 0 Å². The highest BCUT2D eigenvalue weighted by atomic mass is 35.5. The number of amides is 1. The summed E-state index contributed by atoms with van der Waals surface area (Å²) in [6, 6.07) is 9.36. The molecule has 0 unspecified atom stereocenters. The van der Waals surface area contributed by atoms with Crippen molar-refractivity contribution >= 4 is 27.5 Å². The maximum atomic E-state index is 11.8. The van der Waals surface area contributed by atoms with Crippen molar-refractivity contribution in [3.8, 4) is 0 Å². The van der Waals surface area contributed by atoms with Crippen molar-refractivity contribution in [1.82, 2.24) is 5.32 Å². The van der Waals surface area contributed by atoms with Crippen LogP contribution < -0.4 is 10.5 Å². The molecule has 0 aliphatic carbocycles. The van der Waals surface area contributed by atoms with Gasteiger partial charge in [0.25, 0.3) is 15.9 Å². The van der Waals surface area contributed by atoms with Crippen molar-refractivity contribution < 1.29 is 17.6 Å². The maximum absolute atomic E-state index is 11.8. The first-order valence-corrected chi connectivity index (χ1v) is 7.44. The minimum absolute atomic E-state index is 0.129. The van der Waals surface area contributed by atoms with Crippen LogP contribution in [0.2, 0.25) is 5.02 Å². The normalized spacial score (nSPS) is 11.3. The standard InChI is InChI=1S/C12H11ClN2O4S/c13-9-3-1-2-8(6-9)7-15-12(16)10-4-5-11(19-10)20(14,17)18/h1-6H,7H2,(H,15,16)(H2,14,17,18). The molecule has 6 nitrogen and oxygen atoms in total. The van der Waals surface area contributed by atoms with Gasteiger partial charge in [-0.1, -0.05) is 23.7 Å². The number of carbonyl (C=O) groups is 1. The van der Waals surface area contributed by atoms with E-state index in [-0.39, 0.29) is 12.3 Å². The van der Waals surface area contributed by atoms with E-state index in [0.717, 1.165) is 11.6 Å². The van der Waals surface area contributed by atoms with E-state index in [9.17, 15) is 13.2 Å². The number of primary sulfonamides is 1. The van der Waals surface area contributed by atoms with Crippen LogP contribution in [0.5, 0.6) is 0 Å². The fourth-order valence-corrected chi connectivity index (χ4v) is 2.19. The lowest BCUT2D eigenvalue weighted by atomic mass is 10.2. The number of sulfonamides is 1. The van der Waals surface area contributed by atoms with Gasteiger partial charge in [-0.2, -0.15) is 0 Å². The largest absolute Gasteiger partial charge is 0.438 e. The van der Waals surface area contributed by atoms with Crippen LogP contribution in [-0.4, -0.2) is 14.3 Å². The average molecular weight is 315 g/mol. The average Bonchev–Trinajstić information content (AvgIpc) is 2.85. The lowest BCUT2D eigenvalue weighted by Gasteiger charge is -2.03. The van der Waals surface area contributed by atoms with Crippen molar-refractivity contribution in [2.75, 3.05) is 0 Å². The number of halogens is 1. The molecule has 0 bridgehead atoms. The topological polar surface area (TPSA) is 102 Å². The molecule has 1 heterocycles. The molecule has 0 atom stereocenters. The van der Waals surface area contributed by atoms with Gasteiger partial charge in [0.2, 0.25) is 5.09 Å². The Kier molecular flexibility index (Phi) is 4.12. The summed E-state index contributed by atoms with van der Waals surface area (Å²) in [4.78, 5) is 11.8. The molecule has 2 rings (SSSR count). The summed E-state index contributed by atoms with van der Waals surface area (Å²) in [5, 5.41) is 7.57.